The minimum absolute atomic E-state index is 0.0603. The van der Waals surface area contributed by atoms with E-state index in [-0.39, 0.29) is 12.0 Å². The van der Waals surface area contributed by atoms with E-state index in [2.05, 4.69) is 5.32 Å². The van der Waals surface area contributed by atoms with Gasteiger partial charge in [0.15, 0.2) is 5.76 Å². The van der Waals surface area contributed by atoms with Crippen molar-refractivity contribution in [3.8, 4) is 0 Å². The molecule has 5 heteroatoms. The molecule has 0 aliphatic carbocycles. The SMILES string of the molecule is CCO[C@H](CC)CNC(=O)c1ccc(CN(C)C)o1. The van der Waals surface area contributed by atoms with Crippen LogP contribution in [0.5, 0.6) is 0 Å². The van der Waals surface area contributed by atoms with Crippen molar-refractivity contribution in [2.75, 3.05) is 27.2 Å². The summed E-state index contributed by atoms with van der Waals surface area (Å²) in [5.41, 5.74) is 0. The second-order valence-electron chi connectivity index (χ2n) is 4.70. The van der Waals surface area contributed by atoms with Crippen LogP contribution in [0.4, 0.5) is 0 Å². The van der Waals surface area contributed by atoms with Gasteiger partial charge in [-0.3, -0.25) is 4.79 Å². The fourth-order valence-corrected chi connectivity index (χ4v) is 1.75. The lowest BCUT2D eigenvalue weighted by molar-refractivity contribution is 0.0562. The van der Waals surface area contributed by atoms with E-state index in [1.165, 1.54) is 0 Å². The number of furan rings is 1. The van der Waals surface area contributed by atoms with Gasteiger partial charge in [0.05, 0.1) is 12.6 Å². The highest BCUT2D eigenvalue weighted by Crippen LogP contribution is 2.09. The van der Waals surface area contributed by atoms with E-state index in [0.717, 1.165) is 12.2 Å². The highest BCUT2D eigenvalue weighted by molar-refractivity contribution is 5.91. The molecule has 1 rings (SSSR count). The second-order valence-corrected chi connectivity index (χ2v) is 4.70. The van der Waals surface area contributed by atoms with Crippen molar-refractivity contribution in [1.82, 2.24) is 10.2 Å². The normalized spacial score (nSPS) is 12.7. The van der Waals surface area contributed by atoms with E-state index in [4.69, 9.17) is 9.15 Å². The first-order chi connectivity index (χ1) is 9.06. The van der Waals surface area contributed by atoms with Crippen LogP contribution < -0.4 is 5.32 Å². The predicted molar refractivity (Wildman–Crippen MR) is 74.1 cm³/mol. The van der Waals surface area contributed by atoms with Crippen molar-refractivity contribution in [3.63, 3.8) is 0 Å². The van der Waals surface area contributed by atoms with Gasteiger partial charge in [-0.05, 0) is 39.6 Å². The maximum absolute atomic E-state index is 11.9. The summed E-state index contributed by atoms with van der Waals surface area (Å²) in [7, 11) is 3.91. The molecule has 0 aliphatic rings. The minimum atomic E-state index is -0.192. The van der Waals surface area contributed by atoms with Gasteiger partial charge in [0.25, 0.3) is 5.91 Å². The topological polar surface area (TPSA) is 54.7 Å². The molecule has 1 N–H and O–H groups in total. The molecule has 0 saturated carbocycles. The maximum atomic E-state index is 11.9. The smallest absolute Gasteiger partial charge is 0.287 e. The van der Waals surface area contributed by atoms with E-state index in [0.29, 0.717) is 25.5 Å². The molecule has 1 atom stereocenters. The summed E-state index contributed by atoms with van der Waals surface area (Å²) in [4.78, 5) is 13.9. The molecule has 0 saturated heterocycles. The van der Waals surface area contributed by atoms with Crippen LogP contribution >= 0.6 is 0 Å². The molecular weight excluding hydrogens is 244 g/mol. The summed E-state index contributed by atoms with van der Waals surface area (Å²) in [6.45, 7) is 5.83. The zero-order chi connectivity index (χ0) is 14.3. The molecule has 0 bridgehead atoms. The molecule has 1 aromatic heterocycles. The average molecular weight is 268 g/mol. The summed E-state index contributed by atoms with van der Waals surface area (Å²) in [5, 5.41) is 2.83. The monoisotopic (exact) mass is 268 g/mol. The fraction of sp³-hybridized carbons (Fsp3) is 0.643. The Balaban J connectivity index is 2.46. The standard InChI is InChI=1S/C14H24N2O3/c1-5-11(18-6-2)9-15-14(17)13-8-7-12(19-13)10-16(3)4/h7-8,11H,5-6,9-10H2,1-4H3,(H,15,17)/t11-/m1/s1. The first-order valence-corrected chi connectivity index (χ1v) is 6.70. The largest absolute Gasteiger partial charge is 0.455 e. The van der Waals surface area contributed by atoms with Gasteiger partial charge in [0.2, 0.25) is 0 Å². The average Bonchev–Trinajstić information content (AvgIpc) is 2.81. The molecule has 0 fully saturated rings. The number of ether oxygens (including phenoxy) is 1. The van der Waals surface area contributed by atoms with Crippen LogP contribution in [0, 0.1) is 0 Å². The minimum Gasteiger partial charge on any atom is -0.455 e. The third kappa shape index (κ3) is 5.44. The quantitative estimate of drug-likeness (QED) is 0.782. The lowest BCUT2D eigenvalue weighted by Gasteiger charge is -2.15. The zero-order valence-corrected chi connectivity index (χ0v) is 12.2. The van der Waals surface area contributed by atoms with Crippen molar-refractivity contribution in [2.45, 2.75) is 32.9 Å². The Morgan fingerprint density at radius 3 is 2.74 bits per heavy atom. The Kier molecular flexibility index (Phi) is 6.59. The third-order valence-electron chi connectivity index (χ3n) is 2.71. The van der Waals surface area contributed by atoms with E-state index >= 15 is 0 Å². The van der Waals surface area contributed by atoms with E-state index < -0.39 is 0 Å². The van der Waals surface area contributed by atoms with Crippen LogP contribution in [-0.4, -0.2) is 44.2 Å². The molecule has 5 nitrogen and oxygen atoms in total. The van der Waals surface area contributed by atoms with Crippen LogP contribution in [-0.2, 0) is 11.3 Å². The Bertz CT molecular complexity index is 388. The summed E-state index contributed by atoms with van der Waals surface area (Å²) >= 11 is 0. The van der Waals surface area contributed by atoms with Crippen LogP contribution in [0.2, 0.25) is 0 Å². The maximum Gasteiger partial charge on any atom is 0.287 e. The molecule has 19 heavy (non-hydrogen) atoms. The molecular formula is C14H24N2O3. The van der Waals surface area contributed by atoms with Crippen molar-refractivity contribution in [2.24, 2.45) is 0 Å². The molecule has 1 aromatic rings. The Labute approximate surface area is 114 Å². The van der Waals surface area contributed by atoms with Crippen molar-refractivity contribution in [3.05, 3.63) is 23.7 Å². The van der Waals surface area contributed by atoms with E-state index in [1.807, 2.05) is 38.9 Å². The summed E-state index contributed by atoms with van der Waals surface area (Å²) in [5.74, 6) is 0.943. The molecule has 1 heterocycles. The molecule has 0 aromatic carbocycles. The molecule has 0 spiro atoms. The fourth-order valence-electron chi connectivity index (χ4n) is 1.75. The van der Waals surface area contributed by atoms with Gasteiger partial charge in [-0.2, -0.15) is 0 Å². The van der Waals surface area contributed by atoms with Gasteiger partial charge < -0.3 is 19.4 Å². The van der Waals surface area contributed by atoms with Gasteiger partial charge in [-0.15, -0.1) is 0 Å². The number of nitrogens with one attached hydrogen (secondary N) is 1. The van der Waals surface area contributed by atoms with Crippen LogP contribution in [0.15, 0.2) is 16.5 Å². The summed E-state index contributed by atoms with van der Waals surface area (Å²) in [6.07, 6.45) is 0.934. The number of carbonyl (C=O) groups excluding carboxylic acids is 1. The molecule has 0 aliphatic heterocycles. The first-order valence-electron chi connectivity index (χ1n) is 6.70. The molecule has 108 valence electrons. The van der Waals surface area contributed by atoms with Gasteiger partial charge >= 0.3 is 0 Å². The number of amides is 1. The van der Waals surface area contributed by atoms with Crippen molar-refractivity contribution in [1.29, 1.82) is 0 Å². The van der Waals surface area contributed by atoms with Crippen molar-refractivity contribution >= 4 is 5.91 Å². The number of hydrogen-bond acceptors (Lipinski definition) is 4. The van der Waals surface area contributed by atoms with Crippen LogP contribution in [0.3, 0.4) is 0 Å². The molecule has 1 amide bonds. The van der Waals surface area contributed by atoms with Crippen LogP contribution in [0.25, 0.3) is 0 Å². The van der Waals surface area contributed by atoms with Crippen molar-refractivity contribution < 1.29 is 13.9 Å². The first kappa shape index (κ1) is 15.7. The lowest BCUT2D eigenvalue weighted by Crippen LogP contribution is -2.33. The highest BCUT2D eigenvalue weighted by Gasteiger charge is 2.13. The van der Waals surface area contributed by atoms with Gasteiger partial charge in [0, 0.05) is 13.2 Å². The number of rotatable bonds is 8. The number of carbonyl (C=O) groups is 1. The third-order valence-corrected chi connectivity index (χ3v) is 2.71. The van der Waals surface area contributed by atoms with Crippen LogP contribution in [0.1, 0.15) is 36.6 Å². The van der Waals surface area contributed by atoms with E-state index in [9.17, 15) is 4.79 Å². The second kappa shape index (κ2) is 7.96. The Morgan fingerprint density at radius 2 is 2.16 bits per heavy atom. The van der Waals surface area contributed by atoms with Gasteiger partial charge in [-0.1, -0.05) is 6.92 Å². The predicted octanol–water partition coefficient (Wildman–Crippen LogP) is 1.89. The zero-order valence-electron chi connectivity index (χ0n) is 12.2. The van der Waals surface area contributed by atoms with E-state index in [1.54, 1.807) is 6.07 Å². The summed E-state index contributed by atoms with van der Waals surface area (Å²) in [6, 6.07) is 3.53. The molecule has 0 radical (unpaired) electrons. The van der Waals surface area contributed by atoms with Gasteiger partial charge in [-0.25, -0.2) is 0 Å². The Hall–Kier alpha value is -1.33. The highest BCUT2D eigenvalue weighted by atomic mass is 16.5. The van der Waals surface area contributed by atoms with Gasteiger partial charge in [0.1, 0.15) is 5.76 Å². The lowest BCUT2D eigenvalue weighted by atomic mass is 10.2. The summed E-state index contributed by atoms with van der Waals surface area (Å²) < 4.78 is 11.0. The molecule has 0 unspecified atom stereocenters. The Morgan fingerprint density at radius 1 is 1.42 bits per heavy atom. The number of hydrogen-bond donors (Lipinski definition) is 1. The number of nitrogens with zero attached hydrogens (tertiary/aromatic N) is 1.